The van der Waals surface area contributed by atoms with Crippen LogP contribution in [-0.4, -0.2) is 60.4 Å². The number of nitrogens with zero attached hydrogens (tertiary/aromatic N) is 2. The number of ketones is 1. The van der Waals surface area contributed by atoms with Crippen molar-refractivity contribution in [2.75, 3.05) is 33.8 Å². The third kappa shape index (κ3) is 4.13. The number of aliphatic hydroxyl groups excluding tert-OH is 1. The number of carbonyl (C=O) groups is 2. The molecule has 0 saturated carbocycles. The minimum Gasteiger partial charge on any atom is -0.507 e. The number of rotatable bonds is 7. The van der Waals surface area contributed by atoms with Crippen molar-refractivity contribution in [3.05, 3.63) is 56.8 Å². The van der Waals surface area contributed by atoms with Crippen LogP contribution < -0.4 is 4.74 Å². The molecule has 0 spiro atoms. The highest BCUT2D eigenvalue weighted by Gasteiger charge is 2.46. The maximum absolute atomic E-state index is 13.0. The Balaban J connectivity index is 2.12. The smallest absolute Gasteiger partial charge is 0.295 e. The van der Waals surface area contributed by atoms with Crippen molar-refractivity contribution < 1.29 is 19.4 Å². The Hall–Kier alpha value is -2.64. The highest BCUT2D eigenvalue weighted by atomic mass is 32.1. The Kier molecular flexibility index (Phi) is 6.63. The van der Waals surface area contributed by atoms with Crippen LogP contribution in [0.25, 0.3) is 5.76 Å². The van der Waals surface area contributed by atoms with Crippen molar-refractivity contribution in [1.29, 1.82) is 0 Å². The Morgan fingerprint density at radius 1 is 1.20 bits per heavy atom. The van der Waals surface area contributed by atoms with Gasteiger partial charge in [0, 0.05) is 23.5 Å². The molecule has 1 saturated heterocycles. The molecule has 3 rings (SSSR count). The van der Waals surface area contributed by atoms with Crippen LogP contribution in [0.2, 0.25) is 0 Å². The van der Waals surface area contributed by atoms with E-state index in [1.807, 2.05) is 51.2 Å². The van der Waals surface area contributed by atoms with Crippen molar-refractivity contribution in [1.82, 2.24) is 9.80 Å². The lowest BCUT2D eigenvalue weighted by Crippen LogP contribution is -2.35. The molecule has 1 aromatic carbocycles. The van der Waals surface area contributed by atoms with E-state index in [-0.39, 0.29) is 11.3 Å². The van der Waals surface area contributed by atoms with Crippen molar-refractivity contribution in [3.8, 4) is 5.75 Å². The summed E-state index contributed by atoms with van der Waals surface area (Å²) in [6.45, 7) is 7.32. The monoisotopic (exact) mass is 428 g/mol. The van der Waals surface area contributed by atoms with Gasteiger partial charge in [0.25, 0.3) is 11.7 Å². The van der Waals surface area contributed by atoms with Gasteiger partial charge >= 0.3 is 0 Å². The molecule has 0 radical (unpaired) electrons. The fourth-order valence-electron chi connectivity index (χ4n) is 3.63. The molecule has 0 aliphatic carbocycles. The Morgan fingerprint density at radius 3 is 2.50 bits per heavy atom. The minimum absolute atomic E-state index is 0.146. The number of ether oxygens (including phenoxy) is 1. The maximum atomic E-state index is 13.0. The summed E-state index contributed by atoms with van der Waals surface area (Å²) >= 11 is 1.49. The molecule has 1 aromatic heterocycles. The van der Waals surface area contributed by atoms with Crippen molar-refractivity contribution in [2.24, 2.45) is 0 Å². The second-order valence-corrected chi connectivity index (χ2v) is 8.62. The molecule has 1 atom stereocenters. The molecule has 1 aliphatic rings. The molecule has 1 unspecified atom stereocenters. The summed E-state index contributed by atoms with van der Waals surface area (Å²) in [4.78, 5) is 30.3. The average Bonchev–Trinajstić information content (AvgIpc) is 3.22. The molecule has 2 aromatic rings. The Morgan fingerprint density at radius 2 is 1.93 bits per heavy atom. The van der Waals surface area contributed by atoms with Gasteiger partial charge in [0.1, 0.15) is 11.5 Å². The summed E-state index contributed by atoms with van der Waals surface area (Å²) in [7, 11) is 3.84. The van der Waals surface area contributed by atoms with Gasteiger partial charge in [-0.05, 0) is 75.6 Å². The van der Waals surface area contributed by atoms with Gasteiger partial charge in [0.05, 0.1) is 18.2 Å². The van der Waals surface area contributed by atoms with Crippen LogP contribution in [0, 0.1) is 13.8 Å². The first-order valence-corrected chi connectivity index (χ1v) is 10.8. The number of Topliss-reactive ketones (excluding diaryl/α,β-unsaturated/α-hetero) is 1. The summed E-state index contributed by atoms with van der Waals surface area (Å²) in [6, 6.07) is 6.66. The van der Waals surface area contributed by atoms with Crippen LogP contribution in [0.5, 0.6) is 5.75 Å². The van der Waals surface area contributed by atoms with Crippen molar-refractivity contribution >= 4 is 28.8 Å². The standard InChI is InChI=1S/C23H28N2O4S/c1-6-29-17-8-7-16(13-15(17)3)20(26)18-19(22-14(2)9-12-30-22)25(11-10-24(4)5)23(28)21(18)27/h7-9,12-13,19,26H,6,10-11H2,1-5H3/b20-18-. The molecule has 1 fully saturated rings. The summed E-state index contributed by atoms with van der Waals surface area (Å²) in [5, 5.41) is 13.1. The number of likely N-dealkylation sites (tertiary alicyclic amines) is 1. The number of hydrogen-bond donors (Lipinski definition) is 1. The van der Waals surface area contributed by atoms with Gasteiger partial charge in [-0.15, -0.1) is 11.3 Å². The van der Waals surface area contributed by atoms with Crippen LogP contribution in [0.1, 0.15) is 34.5 Å². The molecule has 0 bridgehead atoms. The highest BCUT2D eigenvalue weighted by Crippen LogP contribution is 2.42. The molecule has 30 heavy (non-hydrogen) atoms. The van der Waals surface area contributed by atoms with Gasteiger partial charge in [-0.1, -0.05) is 0 Å². The van der Waals surface area contributed by atoms with Gasteiger partial charge in [0.2, 0.25) is 0 Å². The zero-order valence-corrected chi connectivity index (χ0v) is 18.9. The van der Waals surface area contributed by atoms with Crippen LogP contribution in [-0.2, 0) is 9.59 Å². The van der Waals surface area contributed by atoms with Crippen LogP contribution in [0.4, 0.5) is 0 Å². The van der Waals surface area contributed by atoms with E-state index in [1.54, 1.807) is 23.1 Å². The Bertz CT molecular complexity index is 993. The number of carbonyl (C=O) groups excluding carboxylic acids is 2. The largest absolute Gasteiger partial charge is 0.507 e. The normalized spacial score (nSPS) is 18.5. The fourth-order valence-corrected chi connectivity index (χ4v) is 4.67. The predicted molar refractivity (Wildman–Crippen MR) is 119 cm³/mol. The number of aryl methyl sites for hydroxylation is 2. The number of amides is 1. The van der Waals surface area contributed by atoms with Crippen LogP contribution in [0.15, 0.2) is 35.2 Å². The summed E-state index contributed by atoms with van der Waals surface area (Å²) < 4.78 is 5.57. The molecule has 2 heterocycles. The predicted octanol–water partition coefficient (Wildman–Crippen LogP) is 3.75. The molecular weight excluding hydrogens is 400 g/mol. The van der Waals surface area contributed by atoms with E-state index >= 15 is 0 Å². The van der Waals surface area contributed by atoms with Gasteiger partial charge in [-0.3, -0.25) is 9.59 Å². The lowest BCUT2D eigenvalue weighted by atomic mass is 9.97. The van der Waals surface area contributed by atoms with E-state index in [0.717, 1.165) is 21.8 Å². The number of benzene rings is 1. The van der Waals surface area contributed by atoms with E-state index in [9.17, 15) is 14.7 Å². The minimum atomic E-state index is -0.643. The first kappa shape index (κ1) is 22.1. The first-order valence-electron chi connectivity index (χ1n) is 9.97. The Labute approximate surface area is 181 Å². The number of likely N-dealkylation sites (N-methyl/N-ethyl adjacent to an activating group) is 1. The third-order valence-electron chi connectivity index (χ3n) is 5.23. The van der Waals surface area contributed by atoms with Crippen molar-refractivity contribution in [3.63, 3.8) is 0 Å². The van der Waals surface area contributed by atoms with E-state index in [1.165, 1.54) is 11.3 Å². The fraction of sp³-hybridized carbons (Fsp3) is 0.391. The van der Waals surface area contributed by atoms with Crippen molar-refractivity contribution in [2.45, 2.75) is 26.8 Å². The summed E-state index contributed by atoms with van der Waals surface area (Å²) in [5.41, 5.74) is 2.50. The summed E-state index contributed by atoms with van der Waals surface area (Å²) in [5.74, 6) is -0.634. The molecular formula is C23H28N2O4S. The second-order valence-electron chi connectivity index (χ2n) is 7.68. The summed E-state index contributed by atoms with van der Waals surface area (Å²) in [6.07, 6.45) is 0. The molecule has 1 aliphatic heterocycles. The highest BCUT2D eigenvalue weighted by molar-refractivity contribution is 7.10. The topological polar surface area (TPSA) is 70.1 Å². The first-order chi connectivity index (χ1) is 14.3. The van der Waals surface area contributed by atoms with Gasteiger partial charge in [-0.25, -0.2) is 0 Å². The zero-order chi connectivity index (χ0) is 22.0. The van der Waals surface area contributed by atoms with E-state index in [4.69, 9.17) is 4.74 Å². The van der Waals surface area contributed by atoms with E-state index < -0.39 is 17.7 Å². The molecule has 6 nitrogen and oxygen atoms in total. The number of hydrogen-bond acceptors (Lipinski definition) is 6. The number of thiophene rings is 1. The zero-order valence-electron chi connectivity index (χ0n) is 18.1. The van der Waals surface area contributed by atoms with Gasteiger partial charge in [-0.2, -0.15) is 0 Å². The maximum Gasteiger partial charge on any atom is 0.295 e. The second kappa shape index (κ2) is 9.02. The lowest BCUT2D eigenvalue weighted by Gasteiger charge is -2.26. The molecule has 7 heteroatoms. The van der Waals surface area contributed by atoms with E-state index in [0.29, 0.717) is 25.3 Å². The molecule has 1 amide bonds. The van der Waals surface area contributed by atoms with E-state index in [2.05, 4.69) is 0 Å². The lowest BCUT2D eigenvalue weighted by molar-refractivity contribution is -0.140. The number of aliphatic hydroxyl groups is 1. The SMILES string of the molecule is CCOc1ccc(/C(O)=C2/C(=O)C(=O)N(CCN(C)C)C2c2sccc2C)cc1C. The molecule has 160 valence electrons. The van der Waals surface area contributed by atoms with Crippen LogP contribution >= 0.6 is 11.3 Å². The van der Waals surface area contributed by atoms with Gasteiger partial charge in [0.15, 0.2) is 0 Å². The quantitative estimate of drug-likeness (QED) is 0.413. The molecule has 1 N–H and O–H groups in total. The van der Waals surface area contributed by atoms with Crippen LogP contribution in [0.3, 0.4) is 0 Å². The average molecular weight is 429 g/mol. The van der Waals surface area contributed by atoms with Gasteiger partial charge < -0.3 is 19.6 Å². The third-order valence-corrected chi connectivity index (χ3v) is 6.30.